The summed E-state index contributed by atoms with van der Waals surface area (Å²) in [5, 5.41) is 19.9. The van der Waals surface area contributed by atoms with Gasteiger partial charge in [-0.15, -0.1) is 0 Å². The summed E-state index contributed by atoms with van der Waals surface area (Å²) in [6.45, 7) is 1.86. The highest BCUT2D eigenvalue weighted by Gasteiger charge is 2.16. The number of aliphatic carboxylic acids is 1. The Balaban J connectivity index is 2.69. The van der Waals surface area contributed by atoms with Gasteiger partial charge < -0.3 is 20.3 Å². The molecule has 0 aliphatic rings. The fraction of sp³-hybridized carbons (Fsp3) is 0.333. The molecule has 0 aromatic heterocycles. The monoisotopic (exact) mass is 253 g/mol. The molecule has 1 rings (SSSR count). The van der Waals surface area contributed by atoms with Gasteiger partial charge >= 0.3 is 5.97 Å². The van der Waals surface area contributed by atoms with Crippen LogP contribution in [0.25, 0.3) is 0 Å². The molecule has 1 aromatic carbocycles. The summed E-state index contributed by atoms with van der Waals surface area (Å²) in [5.41, 5.74) is 0.303. The zero-order valence-electron chi connectivity index (χ0n) is 9.92. The van der Waals surface area contributed by atoms with Crippen molar-refractivity contribution in [1.29, 1.82) is 0 Å². The van der Waals surface area contributed by atoms with Gasteiger partial charge in [-0.2, -0.15) is 0 Å². The van der Waals surface area contributed by atoms with Gasteiger partial charge in [-0.1, -0.05) is 12.1 Å². The van der Waals surface area contributed by atoms with E-state index in [9.17, 15) is 9.59 Å². The van der Waals surface area contributed by atoms with E-state index in [1.54, 1.807) is 31.2 Å². The van der Waals surface area contributed by atoms with E-state index in [1.807, 2.05) is 0 Å². The minimum absolute atomic E-state index is 0.303. The molecule has 1 aromatic rings. The number of carbonyl (C=O) groups excluding carboxylic acids is 1. The van der Waals surface area contributed by atoms with Gasteiger partial charge in [-0.05, 0) is 19.1 Å². The molecule has 1 amide bonds. The molecule has 6 heteroatoms. The second kappa shape index (κ2) is 6.61. The normalized spacial score (nSPS) is 11.7. The number of aliphatic hydroxyl groups is 1. The number of carboxylic acid groups (broad SMARTS) is 1. The standard InChI is InChI=1S/C12H15NO5/c1-2-18-10-6-4-3-5-8(10)11(15)13-7-9(14)12(16)17/h3-6,9,14H,2,7H2,1H3,(H,13,15)(H,16,17). The van der Waals surface area contributed by atoms with Crippen LogP contribution in [0.4, 0.5) is 0 Å². The minimum Gasteiger partial charge on any atom is -0.493 e. The van der Waals surface area contributed by atoms with Crippen molar-refractivity contribution in [3.63, 3.8) is 0 Å². The van der Waals surface area contributed by atoms with Crippen LogP contribution in [0.5, 0.6) is 5.75 Å². The van der Waals surface area contributed by atoms with Crippen LogP contribution in [-0.2, 0) is 4.79 Å². The van der Waals surface area contributed by atoms with Crippen LogP contribution in [-0.4, -0.2) is 41.3 Å². The summed E-state index contributed by atoms with van der Waals surface area (Å²) in [7, 11) is 0. The predicted octanol–water partition coefficient (Wildman–Crippen LogP) is 0.261. The number of amides is 1. The number of carbonyl (C=O) groups is 2. The van der Waals surface area contributed by atoms with Gasteiger partial charge in [0.2, 0.25) is 0 Å². The molecule has 18 heavy (non-hydrogen) atoms. The molecule has 0 saturated carbocycles. The highest BCUT2D eigenvalue weighted by molar-refractivity contribution is 5.97. The van der Waals surface area contributed by atoms with Gasteiger partial charge in [0.1, 0.15) is 5.75 Å². The van der Waals surface area contributed by atoms with E-state index in [0.717, 1.165) is 0 Å². The molecule has 0 bridgehead atoms. The Hall–Kier alpha value is -2.08. The maximum absolute atomic E-state index is 11.8. The Labute approximate surface area is 104 Å². The average molecular weight is 253 g/mol. The molecule has 0 spiro atoms. The van der Waals surface area contributed by atoms with E-state index in [4.69, 9.17) is 14.9 Å². The van der Waals surface area contributed by atoms with E-state index < -0.39 is 18.0 Å². The van der Waals surface area contributed by atoms with Crippen molar-refractivity contribution in [3.05, 3.63) is 29.8 Å². The van der Waals surface area contributed by atoms with Crippen LogP contribution in [0.2, 0.25) is 0 Å². The van der Waals surface area contributed by atoms with Crippen molar-refractivity contribution < 1.29 is 24.5 Å². The van der Waals surface area contributed by atoms with Gasteiger partial charge in [0.05, 0.1) is 18.7 Å². The molecule has 0 saturated heterocycles. The number of aliphatic hydroxyl groups excluding tert-OH is 1. The molecule has 1 unspecified atom stereocenters. The van der Waals surface area contributed by atoms with Crippen LogP contribution in [0.3, 0.4) is 0 Å². The van der Waals surface area contributed by atoms with Crippen molar-refractivity contribution in [2.24, 2.45) is 0 Å². The average Bonchev–Trinajstić information content (AvgIpc) is 2.36. The second-order valence-corrected chi connectivity index (χ2v) is 3.49. The Kier molecular flexibility index (Phi) is 5.13. The van der Waals surface area contributed by atoms with Gasteiger partial charge in [-0.3, -0.25) is 4.79 Å². The lowest BCUT2D eigenvalue weighted by atomic mass is 10.2. The van der Waals surface area contributed by atoms with E-state index in [1.165, 1.54) is 0 Å². The molecule has 3 N–H and O–H groups in total. The van der Waals surface area contributed by atoms with Crippen LogP contribution < -0.4 is 10.1 Å². The maximum atomic E-state index is 11.8. The fourth-order valence-corrected chi connectivity index (χ4v) is 1.31. The Morgan fingerprint density at radius 2 is 2.06 bits per heavy atom. The maximum Gasteiger partial charge on any atom is 0.334 e. The zero-order chi connectivity index (χ0) is 13.5. The Bertz CT molecular complexity index is 432. The van der Waals surface area contributed by atoms with E-state index in [-0.39, 0.29) is 6.54 Å². The first kappa shape index (κ1) is 14.0. The van der Waals surface area contributed by atoms with Crippen molar-refractivity contribution in [1.82, 2.24) is 5.32 Å². The number of hydrogen-bond donors (Lipinski definition) is 3. The summed E-state index contributed by atoms with van der Waals surface area (Å²) in [4.78, 5) is 22.2. The molecular weight excluding hydrogens is 238 g/mol. The topological polar surface area (TPSA) is 95.9 Å². The molecule has 0 fully saturated rings. The largest absolute Gasteiger partial charge is 0.493 e. The SMILES string of the molecule is CCOc1ccccc1C(=O)NCC(O)C(=O)O. The van der Waals surface area contributed by atoms with E-state index >= 15 is 0 Å². The summed E-state index contributed by atoms with van der Waals surface area (Å²) in [6, 6.07) is 6.61. The zero-order valence-corrected chi connectivity index (χ0v) is 9.92. The summed E-state index contributed by atoms with van der Waals surface area (Å²) >= 11 is 0. The lowest BCUT2D eigenvalue weighted by Crippen LogP contribution is -2.36. The summed E-state index contributed by atoms with van der Waals surface area (Å²) < 4.78 is 5.27. The lowest BCUT2D eigenvalue weighted by molar-refractivity contribution is -0.146. The molecule has 6 nitrogen and oxygen atoms in total. The molecular formula is C12H15NO5. The van der Waals surface area contributed by atoms with Gasteiger partial charge in [0.15, 0.2) is 6.10 Å². The smallest absolute Gasteiger partial charge is 0.334 e. The fourth-order valence-electron chi connectivity index (χ4n) is 1.31. The Morgan fingerprint density at radius 3 is 2.67 bits per heavy atom. The summed E-state index contributed by atoms with van der Waals surface area (Å²) in [5.74, 6) is -1.45. The molecule has 1 atom stereocenters. The molecule has 0 aliphatic carbocycles. The van der Waals surface area contributed by atoms with Crippen molar-refractivity contribution in [2.75, 3.05) is 13.2 Å². The molecule has 0 radical (unpaired) electrons. The number of rotatable bonds is 6. The highest BCUT2D eigenvalue weighted by atomic mass is 16.5. The van der Waals surface area contributed by atoms with Gasteiger partial charge in [0, 0.05) is 0 Å². The van der Waals surface area contributed by atoms with Crippen molar-refractivity contribution in [3.8, 4) is 5.75 Å². The number of nitrogens with one attached hydrogen (secondary N) is 1. The van der Waals surface area contributed by atoms with Gasteiger partial charge in [-0.25, -0.2) is 4.79 Å². The quantitative estimate of drug-likeness (QED) is 0.676. The first-order valence-electron chi connectivity index (χ1n) is 5.47. The molecule has 98 valence electrons. The lowest BCUT2D eigenvalue weighted by Gasteiger charge is -2.11. The molecule has 0 heterocycles. The van der Waals surface area contributed by atoms with Crippen LogP contribution in [0, 0.1) is 0 Å². The van der Waals surface area contributed by atoms with E-state index in [2.05, 4.69) is 5.32 Å². The van der Waals surface area contributed by atoms with Crippen molar-refractivity contribution >= 4 is 11.9 Å². The van der Waals surface area contributed by atoms with Crippen molar-refractivity contribution in [2.45, 2.75) is 13.0 Å². The number of hydrogen-bond acceptors (Lipinski definition) is 4. The van der Waals surface area contributed by atoms with E-state index in [0.29, 0.717) is 17.9 Å². The Morgan fingerprint density at radius 1 is 1.39 bits per heavy atom. The third-order valence-electron chi connectivity index (χ3n) is 2.17. The second-order valence-electron chi connectivity index (χ2n) is 3.49. The number of carboxylic acids is 1. The van der Waals surface area contributed by atoms with Crippen LogP contribution in [0.15, 0.2) is 24.3 Å². The van der Waals surface area contributed by atoms with Crippen LogP contribution in [0.1, 0.15) is 17.3 Å². The number of para-hydroxylation sites is 1. The third kappa shape index (κ3) is 3.74. The van der Waals surface area contributed by atoms with Crippen LogP contribution >= 0.6 is 0 Å². The van der Waals surface area contributed by atoms with Gasteiger partial charge in [0.25, 0.3) is 5.91 Å². The first-order chi connectivity index (χ1) is 8.56. The predicted molar refractivity (Wildman–Crippen MR) is 63.6 cm³/mol. The third-order valence-corrected chi connectivity index (χ3v) is 2.17. The minimum atomic E-state index is -1.62. The number of ether oxygens (including phenoxy) is 1. The first-order valence-corrected chi connectivity index (χ1v) is 5.47. The highest BCUT2D eigenvalue weighted by Crippen LogP contribution is 2.17. The number of benzene rings is 1. The molecule has 0 aliphatic heterocycles. The summed E-state index contributed by atoms with van der Waals surface area (Å²) in [6.07, 6.45) is -1.62.